The van der Waals surface area contributed by atoms with Crippen LogP contribution < -0.4 is 9.47 Å². The summed E-state index contributed by atoms with van der Waals surface area (Å²) in [4.78, 5) is 10.7. The summed E-state index contributed by atoms with van der Waals surface area (Å²) in [6.07, 6.45) is 3.40. The molecule has 0 atom stereocenters. The highest BCUT2D eigenvalue weighted by Gasteiger charge is 2.03. The summed E-state index contributed by atoms with van der Waals surface area (Å²) in [5.74, 6) is 1.44. The SMILES string of the molecule is CCC(C=O)=Cc1ccc(OC)cc1OC. The highest BCUT2D eigenvalue weighted by Crippen LogP contribution is 2.26. The van der Waals surface area contributed by atoms with Gasteiger partial charge < -0.3 is 9.47 Å². The molecule has 86 valence electrons. The van der Waals surface area contributed by atoms with E-state index in [0.29, 0.717) is 12.2 Å². The van der Waals surface area contributed by atoms with E-state index in [0.717, 1.165) is 23.2 Å². The maximum absolute atomic E-state index is 10.7. The number of hydrogen-bond donors (Lipinski definition) is 0. The molecule has 0 N–H and O–H groups in total. The molecule has 0 saturated heterocycles. The molecule has 1 aromatic carbocycles. The Hall–Kier alpha value is -1.77. The smallest absolute Gasteiger partial charge is 0.146 e. The molecule has 0 fully saturated rings. The van der Waals surface area contributed by atoms with Gasteiger partial charge in [-0.1, -0.05) is 6.92 Å². The topological polar surface area (TPSA) is 35.5 Å². The van der Waals surface area contributed by atoms with Gasteiger partial charge in [-0.15, -0.1) is 0 Å². The van der Waals surface area contributed by atoms with Crippen LogP contribution >= 0.6 is 0 Å². The van der Waals surface area contributed by atoms with Gasteiger partial charge in [0.05, 0.1) is 14.2 Å². The van der Waals surface area contributed by atoms with Gasteiger partial charge >= 0.3 is 0 Å². The van der Waals surface area contributed by atoms with E-state index in [1.54, 1.807) is 20.3 Å². The lowest BCUT2D eigenvalue weighted by Crippen LogP contribution is -1.91. The van der Waals surface area contributed by atoms with Crippen LogP contribution in [-0.4, -0.2) is 20.5 Å². The number of allylic oxidation sites excluding steroid dienone is 1. The monoisotopic (exact) mass is 220 g/mol. The number of aldehydes is 1. The summed E-state index contributed by atoms with van der Waals surface area (Å²) in [7, 11) is 3.20. The molecular formula is C13H16O3. The molecule has 0 heterocycles. The van der Waals surface area contributed by atoms with Crippen molar-refractivity contribution >= 4 is 12.4 Å². The van der Waals surface area contributed by atoms with Crippen molar-refractivity contribution in [3.8, 4) is 11.5 Å². The second-order valence-corrected chi connectivity index (χ2v) is 3.30. The van der Waals surface area contributed by atoms with Gasteiger partial charge in [0.15, 0.2) is 0 Å². The Kier molecular flexibility index (Phi) is 4.58. The second-order valence-electron chi connectivity index (χ2n) is 3.30. The van der Waals surface area contributed by atoms with E-state index in [4.69, 9.17) is 9.47 Å². The van der Waals surface area contributed by atoms with Crippen LogP contribution in [0.15, 0.2) is 23.8 Å². The van der Waals surface area contributed by atoms with E-state index in [2.05, 4.69) is 0 Å². The van der Waals surface area contributed by atoms with Crippen molar-refractivity contribution in [3.63, 3.8) is 0 Å². The predicted octanol–water partition coefficient (Wildman–Crippen LogP) is 2.70. The Morgan fingerprint density at radius 1 is 1.31 bits per heavy atom. The Bertz CT molecular complexity index is 394. The number of hydrogen-bond acceptors (Lipinski definition) is 3. The van der Waals surface area contributed by atoms with Crippen LogP contribution in [0.1, 0.15) is 18.9 Å². The molecule has 0 aliphatic carbocycles. The van der Waals surface area contributed by atoms with Gasteiger partial charge in [0, 0.05) is 11.6 Å². The molecular weight excluding hydrogens is 204 g/mol. The van der Waals surface area contributed by atoms with Gasteiger partial charge in [-0.05, 0) is 30.2 Å². The average Bonchev–Trinajstić information content (AvgIpc) is 2.35. The molecule has 1 aromatic rings. The van der Waals surface area contributed by atoms with Crippen LogP contribution in [0.5, 0.6) is 11.5 Å². The van der Waals surface area contributed by atoms with Gasteiger partial charge in [-0.25, -0.2) is 0 Å². The third kappa shape index (κ3) is 2.86. The van der Waals surface area contributed by atoms with Crippen molar-refractivity contribution in [2.45, 2.75) is 13.3 Å². The lowest BCUT2D eigenvalue weighted by Gasteiger charge is -2.07. The number of rotatable bonds is 5. The third-order valence-corrected chi connectivity index (χ3v) is 2.34. The lowest BCUT2D eigenvalue weighted by molar-refractivity contribution is -0.104. The Morgan fingerprint density at radius 2 is 2.06 bits per heavy atom. The van der Waals surface area contributed by atoms with Crippen LogP contribution in [0.25, 0.3) is 6.08 Å². The third-order valence-electron chi connectivity index (χ3n) is 2.34. The standard InChI is InChI=1S/C13H16O3/c1-4-10(9-14)7-11-5-6-12(15-2)8-13(11)16-3/h5-9H,4H2,1-3H3. The van der Waals surface area contributed by atoms with Crippen LogP contribution in [0.4, 0.5) is 0 Å². The van der Waals surface area contributed by atoms with Gasteiger partial charge in [-0.3, -0.25) is 4.79 Å². The molecule has 0 aliphatic rings. The van der Waals surface area contributed by atoms with Gasteiger partial charge in [0.25, 0.3) is 0 Å². The van der Waals surface area contributed by atoms with Gasteiger partial charge in [-0.2, -0.15) is 0 Å². The fourth-order valence-corrected chi connectivity index (χ4v) is 1.36. The summed E-state index contributed by atoms with van der Waals surface area (Å²) in [6, 6.07) is 5.51. The summed E-state index contributed by atoms with van der Waals surface area (Å²) in [5, 5.41) is 0. The van der Waals surface area contributed by atoms with E-state index < -0.39 is 0 Å². The van der Waals surface area contributed by atoms with Crippen molar-refractivity contribution < 1.29 is 14.3 Å². The van der Waals surface area contributed by atoms with E-state index in [-0.39, 0.29) is 0 Å². The fourth-order valence-electron chi connectivity index (χ4n) is 1.36. The maximum atomic E-state index is 10.7. The largest absolute Gasteiger partial charge is 0.497 e. The molecule has 0 saturated carbocycles. The Morgan fingerprint density at radius 3 is 2.56 bits per heavy atom. The van der Waals surface area contributed by atoms with Crippen molar-refractivity contribution in [2.24, 2.45) is 0 Å². The Labute approximate surface area is 95.7 Å². The predicted molar refractivity (Wildman–Crippen MR) is 63.9 cm³/mol. The van der Waals surface area contributed by atoms with Crippen molar-refractivity contribution in [2.75, 3.05) is 14.2 Å². The summed E-state index contributed by atoms with van der Waals surface area (Å²) >= 11 is 0. The molecule has 0 amide bonds. The van der Waals surface area contributed by atoms with Crippen LogP contribution in [0.2, 0.25) is 0 Å². The summed E-state index contributed by atoms with van der Waals surface area (Å²) in [6.45, 7) is 1.94. The highest BCUT2D eigenvalue weighted by molar-refractivity contribution is 5.82. The van der Waals surface area contributed by atoms with Gasteiger partial charge in [0.1, 0.15) is 17.8 Å². The zero-order valence-corrected chi connectivity index (χ0v) is 9.82. The number of methoxy groups -OCH3 is 2. The van der Waals surface area contributed by atoms with E-state index in [1.165, 1.54) is 0 Å². The number of ether oxygens (including phenoxy) is 2. The first-order valence-electron chi connectivity index (χ1n) is 5.13. The second kappa shape index (κ2) is 5.95. The van der Waals surface area contributed by atoms with E-state index in [1.807, 2.05) is 25.1 Å². The molecule has 3 heteroatoms. The first-order chi connectivity index (χ1) is 7.74. The molecule has 0 bridgehead atoms. The van der Waals surface area contributed by atoms with Crippen molar-refractivity contribution in [1.82, 2.24) is 0 Å². The summed E-state index contributed by atoms with van der Waals surface area (Å²) < 4.78 is 10.3. The van der Waals surface area contributed by atoms with Crippen LogP contribution in [0, 0.1) is 0 Å². The minimum Gasteiger partial charge on any atom is -0.497 e. The molecule has 1 rings (SSSR count). The number of benzene rings is 1. The summed E-state index contributed by atoms with van der Waals surface area (Å²) in [5.41, 5.74) is 1.62. The minimum absolute atomic E-state index is 0.701. The van der Waals surface area contributed by atoms with E-state index >= 15 is 0 Å². The quantitative estimate of drug-likeness (QED) is 0.565. The zero-order chi connectivity index (χ0) is 12.0. The Balaban J connectivity index is 3.13. The van der Waals surface area contributed by atoms with Crippen LogP contribution in [-0.2, 0) is 4.79 Å². The molecule has 0 spiro atoms. The number of carbonyl (C=O) groups is 1. The molecule has 0 unspecified atom stereocenters. The molecule has 16 heavy (non-hydrogen) atoms. The lowest BCUT2D eigenvalue weighted by atomic mass is 10.1. The zero-order valence-electron chi connectivity index (χ0n) is 9.82. The first kappa shape index (κ1) is 12.3. The van der Waals surface area contributed by atoms with Crippen molar-refractivity contribution in [1.29, 1.82) is 0 Å². The van der Waals surface area contributed by atoms with Gasteiger partial charge in [0.2, 0.25) is 0 Å². The molecule has 0 aliphatic heterocycles. The molecule has 0 aromatic heterocycles. The average molecular weight is 220 g/mol. The van der Waals surface area contributed by atoms with Crippen molar-refractivity contribution in [3.05, 3.63) is 29.3 Å². The maximum Gasteiger partial charge on any atom is 0.146 e. The number of carbonyl (C=O) groups excluding carboxylic acids is 1. The minimum atomic E-state index is 0.701. The van der Waals surface area contributed by atoms with Crippen LogP contribution in [0.3, 0.4) is 0 Å². The fraction of sp³-hybridized carbons (Fsp3) is 0.308. The highest BCUT2D eigenvalue weighted by atomic mass is 16.5. The van der Waals surface area contributed by atoms with E-state index in [9.17, 15) is 4.79 Å². The molecule has 3 nitrogen and oxygen atoms in total. The molecule has 0 radical (unpaired) electrons. The first-order valence-corrected chi connectivity index (χ1v) is 5.13. The normalized spacial score (nSPS) is 11.1.